The van der Waals surface area contributed by atoms with Crippen LogP contribution in [0.15, 0.2) is 52.3 Å². The summed E-state index contributed by atoms with van der Waals surface area (Å²) in [5, 5.41) is 2.53. The molecule has 0 unspecified atom stereocenters. The molecule has 0 aromatic heterocycles. The van der Waals surface area contributed by atoms with Gasteiger partial charge >= 0.3 is 0 Å². The van der Waals surface area contributed by atoms with Crippen molar-refractivity contribution in [3.8, 4) is 0 Å². The van der Waals surface area contributed by atoms with E-state index in [1.807, 2.05) is 0 Å². The topological polar surface area (TPSA) is 121 Å². The number of nitrogens with zero attached hydrogens (tertiary/aromatic N) is 2. The molecule has 2 aromatic rings. The van der Waals surface area contributed by atoms with Gasteiger partial charge < -0.3 is 5.32 Å². The normalized spacial score (nSPS) is 18.6. The lowest BCUT2D eigenvalue weighted by Gasteiger charge is -2.21. The summed E-state index contributed by atoms with van der Waals surface area (Å²) in [6, 6.07) is 10.3. The fourth-order valence-electron chi connectivity index (χ4n) is 4.10. The summed E-state index contributed by atoms with van der Waals surface area (Å²) in [4.78, 5) is 25.1. The summed E-state index contributed by atoms with van der Waals surface area (Å²) >= 11 is 0. The van der Waals surface area contributed by atoms with Crippen molar-refractivity contribution in [2.45, 2.75) is 42.4 Å². The summed E-state index contributed by atoms with van der Waals surface area (Å²) < 4.78 is 53.7. The van der Waals surface area contributed by atoms with Gasteiger partial charge in [0.15, 0.2) is 0 Å². The number of sulfonamides is 2. The van der Waals surface area contributed by atoms with Crippen molar-refractivity contribution in [1.82, 2.24) is 8.61 Å². The second kappa shape index (κ2) is 8.88. The van der Waals surface area contributed by atoms with Gasteiger partial charge in [-0.05, 0) is 49.6 Å². The van der Waals surface area contributed by atoms with Crippen molar-refractivity contribution < 1.29 is 26.4 Å². The van der Waals surface area contributed by atoms with Gasteiger partial charge in [0.1, 0.15) is 11.4 Å². The third kappa shape index (κ3) is 4.40. The van der Waals surface area contributed by atoms with E-state index in [1.54, 1.807) is 25.1 Å². The van der Waals surface area contributed by atoms with Crippen molar-refractivity contribution in [1.29, 1.82) is 0 Å². The molecule has 2 aliphatic heterocycles. The molecule has 1 fully saturated rings. The molecule has 0 bridgehead atoms. The minimum absolute atomic E-state index is 0.0199. The van der Waals surface area contributed by atoms with Crippen LogP contribution in [0.25, 0.3) is 0 Å². The Balaban J connectivity index is 1.53. The highest BCUT2D eigenvalue weighted by molar-refractivity contribution is 7.90. The zero-order valence-corrected chi connectivity index (χ0v) is 19.8. The number of rotatable bonds is 5. The molecule has 0 spiro atoms. The molecule has 1 saturated heterocycles. The Hall–Kier alpha value is -2.76. The van der Waals surface area contributed by atoms with Crippen LogP contribution in [0.5, 0.6) is 0 Å². The van der Waals surface area contributed by atoms with Crippen LogP contribution >= 0.6 is 0 Å². The van der Waals surface area contributed by atoms with E-state index < -0.39 is 38.4 Å². The first-order chi connectivity index (χ1) is 15.6. The lowest BCUT2D eigenvalue weighted by molar-refractivity contribution is -0.116. The number of benzene rings is 2. The van der Waals surface area contributed by atoms with Crippen molar-refractivity contribution >= 4 is 37.5 Å². The van der Waals surface area contributed by atoms with Crippen LogP contribution in [-0.4, -0.2) is 56.9 Å². The van der Waals surface area contributed by atoms with Crippen molar-refractivity contribution in [2.24, 2.45) is 0 Å². The van der Waals surface area contributed by atoms with Gasteiger partial charge in [0.05, 0.1) is 10.5 Å². The largest absolute Gasteiger partial charge is 0.324 e. The maximum Gasteiger partial charge on any atom is 0.269 e. The van der Waals surface area contributed by atoms with E-state index in [0.717, 1.165) is 25.7 Å². The summed E-state index contributed by atoms with van der Waals surface area (Å²) in [5.41, 5.74) is 0.775. The third-order valence-corrected chi connectivity index (χ3v) is 9.68. The van der Waals surface area contributed by atoms with E-state index in [-0.39, 0.29) is 21.0 Å². The molecule has 0 atom stereocenters. The van der Waals surface area contributed by atoms with Crippen LogP contribution in [-0.2, 0) is 24.8 Å². The Morgan fingerprint density at radius 3 is 2.36 bits per heavy atom. The first-order valence-corrected chi connectivity index (χ1v) is 13.6. The fourth-order valence-corrected chi connectivity index (χ4v) is 7.39. The van der Waals surface area contributed by atoms with Crippen molar-refractivity contribution in [3.05, 3.63) is 53.6 Å². The second-order valence-electron chi connectivity index (χ2n) is 8.16. The maximum absolute atomic E-state index is 13.2. The smallest absolute Gasteiger partial charge is 0.269 e. The van der Waals surface area contributed by atoms with Gasteiger partial charge in [0.2, 0.25) is 15.9 Å². The summed E-state index contributed by atoms with van der Waals surface area (Å²) in [5.74, 6) is -1.52. The lowest BCUT2D eigenvalue weighted by atomic mass is 10.2. The molecule has 0 saturated carbocycles. The molecule has 33 heavy (non-hydrogen) atoms. The highest BCUT2D eigenvalue weighted by atomic mass is 32.2. The number of nitrogens with one attached hydrogen (secondary N) is 1. The number of carbonyl (C=O) groups excluding carboxylic acids is 2. The number of aryl methyl sites for hydroxylation is 1. The van der Waals surface area contributed by atoms with E-state index in [1.165, 1.54) is 28.6 Å². The number of amides is 2. The van der Waals surface area contributed by atoms with Gasteiger partial charge in [-0.3, -0.25) is 9.59 Å². The predicted molar refractivity (Wildman–Crippen MR) is 122 cm³/mol. The van der Waals surface area contributed by atoms with Crippen LogP contribution in [0.3, 0.4) is 0 Å². The quantitative estimate of drug-likeness (QED) is 0.685. The van der Waals surface area contributed by atoms with Gasteiger partial charge in [0, 0.05) is 18.8 Å². The number of anilines is 1. The van der Waals surface area contributed by atoms with E-state index in [9.17, 15) is 26.4 Å². The van der Waals surface area contributed by atoms with E-state index >= 15 is 0 Å². The highest BCUT2D eigenvalue weighted by Gasteiger charge is 2.41. The molecule has 2 amide bonds. The number of hydrogen-bond acceptors (Lipinski definition) is 6. The number of carbonyl (C=O) groups is 2. The Morgan fingerprint density at radius 2 is 1.70 bits per heavy atom. The van der Waals surface area contributed by atoms with E-state index in [2.05, 4.69) is 5.32 Å². The zero-order valence-electron chi connectivity index (χ0n) is 18.2. The van der Waals surface area contributed by atoms with Crippen LogP contribution in [0.2, 0.25) is 0 Å². The average molecular weight is 492 g/mol. The highest BCUT2D eigenvalue weighted by Crippen LogP contribution is 2.30. The molecule has 2 heterocycles. The Labute approximate surface area is 193 Å². The molecule has 2 aliphatic rings. The molecule has 0 aliphatic carbocycles. The number of fused-ring (bicyclic) bond motifs is 1. The van der Waals surface area contributed by atoms with Crippen molar-refractivity contribution in [3.63, 3.8) is 0 Å². The van der Waals surface area contributed by atoms with Gasteiger partial charge in [-0.1, -0.05) is 31.0 Å². The van der Waals surface area contributed by atoms with Crippen LogP contribution in [0.1, 0.15) is 41.6 Å². The maximum atomic E-state index is 13.2. The predicted octanol–water partition coefficient (Wildman–Crippen LogP) is 2.34. The van der Waals surface area contributed by atoms with Gasteiger partial charge in [-0.25, -0.2) is 21.1 Å². The molecule has 176 valence electrons. The van der Waals surface area contributed by atoms with Crippen LogP contribution in [0, 0.1) is 6.92 Å². The zero-order chi connectivity index (χ0) is 23.8. The molecular formula is C22H25N3O6S2. The molecule has 11 heteroatoms. The third-order valence-electron chi connectivity index (χ3n) is 5.85. The summed E-state index contributed by atoms with van der Waals surface area (Å²) in [6.07, 6.45) is 3.58. The van der Waals surface area contributed by atoms with Crippen LogP contribution in [0.4, 0.5) is 5.69 Å². The second-order valence-corrected chi connectivity index (χ2v) is 11.9. The average Bonchev–Trinajstić information content (AvgIpc) is 2.99. The lowest BCUT2D eigenvalue weighted by Crippen LogP contribution is -2.37. The summed E-state index contributed by atoms with van der Waals surface area (Å²) in [7, 11) is -7.86. The monoisotopic (exact) mass is 491 g/mol. The molecule has 9 nitrogen and oxygen atoms in total. The minimum Gasteiger partial charge on any atom is -0.324 e. The Kier molecular flexibility index (Phi) is 6.30. The molecule has 0 radical (unpaired) electrons. The van der Waals surface area contributed by atoms with Gasteiger partial charge in [-0.2, -0.15) is 4.31 Å². The minimum atomic E-state index is -4.12. The van der Waals surface area contributed by atoms with E-state index in [4.69, 9.17) is 0 Å². The SMILES string of the molecule is Cc1ccc(NC(=O)CN2C(=O)c3ccccc3S2(=O)=O)cc1S(=O)(=O)N1CCCCCC1. The molecule has 4 rings (SSSR count). The van der Waals surface area contributed by atoms with Gasteiger partial charge in [0.25, 0.3) is 15.9 Å². The van der Waals surface area contributed by atoms with Gasteiger partial charge in [-0.15, -0.1) is 0 Å². The number of hydrogen-bond donors (Lipinski definition) is 1. The molecule has 2 aromatic carbocycles. The van der Waals surface area contributed by atoms with Crippen LogP contribution < -0.4 is 5.32 Å². The summed E-state index contributed by atoms with van der Waals surface area (Å²) in [6.45, 7) is 1.88. The first kappa shape index (κ1) is 23.4. The standard InChI is InChI=1S/C22H25N3O6S2/c1-16-10-11-17(14-20(16)32(28,29)24-12-6-2-3-7-13-24)23-21(26)15-25-22(27)18-8-4-5-9-19(18)33(25,30)31/h4-5,8-11,14H,2-3,6-7,12-13,15H2,1H3,(H,23,26). The Morgan fingerprint density at radius 1 is 1.03 bits per heavy atom. The first-order valence-electron chi connectivity index (χ1n) is 10.7. The Bertz CT molecular complexity index is 1310. The van der Waals surface area contributed by atoms with E-state index in [0.29, 0.717) is 23.0 Å². The molecule has 1 N–H and O–H groups in total. The van der Waals surface area contributed by atoms with Crippen molar-refractivity contribution in [2.75, 3.05) is 25.0 Å². The fraction of sp³-hybridized carbons (Fsp3) is 0.364. The molecular weight excluding hydrogens is 466 g/mol.